The molecule has 7 atom stereocenters. The predicted molar refractivity (Wildman–Crippen MR) is 386 cm³/mol. The van der Waals surface area contributed by atoms with E-state index >= 15 is 0 Å². The summed E-state index contributed by atoms with van der Waals surface area (Å²) in [6, 6.07) is 0. The molecule has 0 spiro atoms. The highest BCUT2D eigenvalue weighted by Crippen LogP contribution is 2.45. The topological polar surface area (TPSA) is 237 Å². The SMILES string of the molecule is CCC(C)CCCCCCCCCCCCCCCCC(=O)O[C@H](COC(=O)CCCCCCCCC(C)CC)COP(=O)(O)OC[C@H](O)COP(=O)(O)OC[C@@H](COC(=O)CCCCCCCCCCCCCCCCC(C)C)OC(=O)CCCCCCCCCC(C)C. The number of hydrogen-bond donors (Lipinski definition) is 3. The first-order valence-electron chi connectivity index (χ1n) is 39.3. The van der Waals surface area contributed by atoms with Crippen molar-refractivity contribution in [1.82, 2.24) is 0 Å². The van der Waals surface area contributed by atoms with Crippen LogP contribution >= 0.6 is 15.6 Å². The summed E-state index contributed by atoms with van der Waals surface area (Å²) >= 11 is 0. The average molecular weight is 1400 g/mol. The molecule has 0 amide bonds. The first-order valence-corrected chi connectivity index (χ1v) is 42.3. The summed E-state index contributed by atoms with van der Waals surface area (Å²) in [5, 5.41) is 10.6. The molecule has 95 heavy (non-hydrogen) atoms. The number of aliphatic hydroxyl groups excluding tert-OH is 1. The molecule has 0 aliphatic rings. The van der Waals surface area contributed by atoms with Gasteiger partial charge in [0.1, 0.15) is 19.3 Å². The van der Waals surface area contributed by atoms with Crippen molar-refractivity contribution in [2.45, 2.75) is 401 Å². The molecule has 0 rings (SSSR count). The Labute approximate surface area is 581 Å². The van der Waals surface area contributed by atoms with Gasteiger partial charge in [0.05, 0.1) is 26.4 Å². The van der Waals surface area contributed by atoms with E-state index in [2.05, 4.69) is 55.4 Å². The van der Waals surface area contributed by atoms with E-state index in [1.54, 1.807) is 0 Å². The zero-order valence-corrected chi connectivity index (χ0v) is 64.1. The standard InChI is InChI=1S/C76H148O17P2/c1-9-68(7)54-46-38-30-24-20-16-12-14-18-22-26-32-42-50-58-75(80)92-72(63-87-74(79)57-49-41-35-34-39-47-55-69(8)10-2)65-91-95(84,85)89-61-70(77)60-88-94(82,83)90-64-71(93-76(81)59-51-43-33-27-29-37-45-53-67(5)6)62-86-73(78)56-48-40-31-25-21-17-13-11-15-19-23-28-36-44-52-66(3)4/h66-72,77H,9-65H2,1-8H3,(H,82,83)(H,84,85)/t68?,69?,70-,71-,72-/m1/s1. The molecule has 19 heteroatoms. The number of phosphoric ester groups is 2. The van der Waals surface area contributed by atoms with Crippen LogP contribution in [0.3, 0.4) is 0 Å². The number of carbonyl (C=O) groups is 4. The maximum atomic E-state index is 13.1. The molecule has 0 aromatic carbocycles. The highest BCUT2D eigenvalue weighted by atomic mass is 31.2. The summed E-state index contributed by atoms with van der Waals surface area (Å²) in [6.07, 6.45) is 50.1. The highest BCUT2D eigenvalue weighted by Gasteiger charge is 2.30. The molecule has 0 aliphatic carbocycles. The second-order valence-corrected chi connectivity index (χ2v) is 31.7. The van der Waals surface area contributed by atoms with E-state index in [9.17, 15) is 43.2 Å². The lowest BCUT2D eigenvalue weighted by atomic mass is 9.99. The Morgan fingerprint density at radius 1 is 0.295 bits per heavy atom. The molecule has 0 aromatic heterocycles. The van der Waals surface area contributed by atoms with Gasteiger partial charge in [-0.25, -0.2) is 9.13 Å². The Morgan fingerprint density at radius 2 is 0.505 bits per heavy atom. The van der Waals surface area contributed by atoms with Crippen LogP contribution < -0.4 is 0 Å². The minimum absolute atomic E-state index is 0.103. The summed E-state index contributed by atoms with van der Waals surface area (Å²) < 4.78 is 68.5. The average Bonchev–Trinajstić information content (AvgIpc) is 1.75. The molecular formula is C76H148O17P2. The molecular weight excluding hydrogens is 1250 g/mol. The molecule has 0 heterocycles. The van der Waals surface area contributed by atoms with Gasteiger partial charge in [-0.2, -0.15) is 0 Å². The fourth-order valence-corrected chi connectivity index (χ4v) is 13.1. The van der Waals surface area contributed by atoms with E-state index < -0.39 is 97.5 Å². The van der Waals surface area contributed by atoms with E-state index in [-0.39, 0.29) is 25.7 Å². The van der Waals surface area contributed by atoms with Crippen LogP contribution in [0.5, 0.6) is 0 Å². The van der Waals surface area contributed by atoms with Crippen LogP contribution in [0.25, 0.3) is 0 Å². The molecule has 0 aromatic rings. The number of rotatable bonds is 73. The molecule has 0 bridgehead atoms. The maximum Gasteiger partial charge on any atom is 0.472 e. The van der Waals surface area contributed by atoms with Crippen LogP contribution in [0.2, 0.25) is 0 Å². The van der Waals surface area contributed by atoms with E-state index in [4.69, 9.17) is 37.0 Å². The number of hydrogen-bond acceptors (Lipinski definition) is 15. The smallest absolute Gasteiger partial charge is 0.462 e. The minimum Gasteiger partial charge on any atom is -0.462 e. The largest absolute Gasteiger partial charge is 0.472 e. The van der Waals surface area contributed by atoms with Gasteiger partial charge >= 0.3 is 39.5 Å². The van der Waals surface area contributed by atoms with Crippen molar-refractivity contribution in [3.63, 3.8) is 0 Å². The normalized spacial score (nSPS) is 14.7. The Bertz CT molecular complexity index is 1870. The fourth-order valence-electron chi connectivity index (χ4n) is 11.5. The van der Waals surface area contributed by atoms with Crippen molar-refractivity contribution < 1.29 is 80.2 Å². The number of aliphatic hydroxyl groups is 1. The van der Waals surface area contributed by atoms with Crippen molar-refractivity contribution in [1.29, 1.82) is 0 Å². The Hall–Kier alpha value is -1.94. The second-order valence-electron chi connectivity index (χ2n) is 28.8. The first-order chi connectivity index (χ1) is 45.7. The Kier molecular flexibility index (Phi) is 64.0. The Morgan fingerprint density at radius 3 is 0.747 bits per heavy atom. The van der Waals surface area contributed by atoms with Gasteiger partial charge in [0.2, 0.25) is 0 Å². The van der Waals surface area contributed by atoms with Crippen LogP contribution in [0.1, 0.15) is 383 Å². The van der Waals surface area contributed by atoms with Crippen molar-refractivity contribution in [3.05, 3.63) is 0 Å². The molecule has 564 valence electrons. The van der Waals surface area contributed by atoms with Crippen molar-refractivity contribution in [2.24, 2.45) is 23.7 Å². The lowest BCUT2D eigenvalue weighted by molar-refractivity contribution is -0.161. The quantitative estimate of drug-likeness (QED) is 0.0222. The van der Waals surface area contributed by atoms with Crippen molar-refractivity contribution >= 4 is 39.5 Å². The summed E-state index contributed by atoms with van der Waals surface area (Å²) in [5.74, 6) is 0.947. The van der Waals surface area contributed by atoms with Gasteiger partial charge < -0.3 is 33.8 Å². The van der Waals surface area contributed by atoms with E-state index in [0.29, 0.717) is 31.6 Å². The molecule has 0 fully saturated rings. The number of phosphoric acid groups is 2. The van der Waals surface area contributed by atoms with E-state index in [1.165, 1.54) is 180 Å². The Balaban J connectivity index is 5.19. The summed E-state index contributed by atoms with van der Waals surface area (Å²) in [5.41, 5.74) is 0. The maximum absolute atomic E-state index is 13.1. The molecule has 0 saturated heterocycles. The molecule has 0 saturated carbocycles. The van der Waals surface area contributed by atoms with Crippen LogP contribution in [-0.4, -0.2) is 96.7 Å². The third-order valence-electron chi connectivity index (χ3n) is 18.3. The van der Waals surface area contributed by atoms with Crippen LogP contribution in [0.15, 0.2) is 0 Å². The monoisotopic (exact) mass is 1400 g/mol. The van der Waals surface area contributed by atoms with Crippen LogP contribution in [-0.2, 0) is 65.4 Å². The first kappa shape index (κ1) is 93.1. The highest BCUT2D eigenvalue weighted by molar-refractivity contribution is 7.47. The molecule has 4 unspecified atom stereocenters. The number of ether oxygens (including phenoxy) is 4. The van der Waals surface area contributed by atoms with E-state index in [0.717, 1.165) is 114 Å². The van der Waals surface area contributed by atoms with Crippen LogP contribution in [0, 0.1) is 23.7 Å². The third-order valence-corrected chi connectivity index (χ3v) is 20.2. The lowest BCUT2D eigenvalue weighted by Crippen LogP contribution is -2.30. The van der Waals surface area contributed by atoms with Gasteiger partial charge in [-0.05, 0) is 49.4 Å². The van der Waals surface area contributed by atoms with Crippen molar-refractivity contribution in [2.75, 3.05) is 39.6 Å². The molecule has 0 aliphatic heterocycles. The van der Waals surface area contributed by atoms with E-state index in [1.807, 2.05) is 0 Å². The predicted octanol–water partition coefficient (Wildman–Crippen LogP) is 22.0. The van der Waals surface area contributed by atoms with Gasteiger partial charge in [-0.1, -0.05) is 331 Å². The summed E-state index contributed by atoms with van der Waals surface area (Å²) in [4.78, 5) is 72.8. The summed E-state index contributed by atoms with van der Waals surface area (Å²) in [6.45, 7) is 14.2. The van der Waals surface area contributed by atoms with Gasteiger partial charge in [0.25, 0.3) is 0 Å². The number of unbranched alkanes of at least 4 members (excludes halogenated alkanes) is 37. The number of carbonyl (C=O) groups excluding carboxylic acids is 4. The van der Waals surface area contributed by atoms with Gasteiger partial charge in [-0.3, -0.25) is 37.3 Å². The number of esters is 4. The fraction of sp³-hybridized carbons (Fsp3) is 0.947. The summed E-state index contributed by atoms with van der Waals surface area (Å²) in [7, 11) is -9.91. The molecule has 3 N–H and O–H groups in total. The van der Waals surface area contributed by atoms with Gasteiger partial charge in [-0.15, -0.1) is 0 Å². The van der Waals surface area contributed by atoms with Gasteiger partial charge in [0, 0.05) is 25.7 Å². The minimum atomic E-state index is -4.96. The zero-order chi connectivity index (χ0) is 70.3. The van der Waals surface area contributed by atoms with Gasteiger partial charge in [0.15, 0.2) is 12.2 Å². The lowest BCUT2D eigenvalue weighted by Gasteiger charge is -2.21. The third kappa shape index (κ3) is 67.6. The zero-order valence-electron chi connectivity index (χ0n) is 62.3. The van der Waals surface area contributed by atoms with Crippen molar-refractivity contribution in [3.8, 4) is 0 Å². The van der Waals surface area contributed by atoms with Crippen LogP contribution in [0.4, 0.5) is 0 Å². The second kappa shape index (κ2) is 65.4. The molecule has 0 radical (unpaired) electrons. The molecule has 17 nitrogen and oxygen atoms in total.